The molecule has 1 aliphatic heterocycles. The summed E-state index contributed by atoms with van der Waals surface area (Å²) in [5.41, 5.74) is 4.13. The van der Waals surface area contributed by atoms with Gasteiger partial charge in [0.1, 0.15) is 0 Å². The summed E-state index contributed by atoms with van der Waals surface area (Å²) in [5, 5.41) is 2.93. The van der Waals surface area contributed by atoms with Crippen LogP contribution >= 0.6 is 23.1 Å². The van der Waals surface area contributed by atoms with Crippen molar-refractivity contribution < 1.29 is 14.3 Å². The fourth-order valence-electron chi connectivity index (χ4n) is 3.47. The Morgan fingerprint density at radius 2 is 1.89 bits per heavy atom. The summed E-state index contributed by atoms with van der Waals surface area (Å²) in [4.78, 5) is 27.9. The molecule has 0 bridgehead atoms. The SMILES string of the molecule is CCOC(=O)c1ccc(NC(=O)C2=Cc3sc4c(c3CS2)CCCC4)cc1. The van der Waals surface area contributed by atoms with Crippen molar-refractivity contribution in [3.8, 4) is 0 Å². The number of thioether (sulfide) groups is 1. The largest absolute Gasteiger partial charge is 0.462 e. The Balaban J connectivity index is 1.47. The number of fused-ring (bicyclic) bond motifs is 3. The summed E-state index contributed by atoms with van der Waals surface area (Å²) in [7, 11) is 0. The van der Waals surface area contributed by atoms with E-state index in [1.165, 1.54) is 41.0 Å². The third kappa shape index (κ3) is 3.82. The van der Waals surface area contributed by atoms with Gasteiger partial charge in [-0.25, -0.2) is 4.79 Å². The predicted octanol–water partition coefficient (Wildman–Crippen LogP) is 5.03. The average molecular weight is 400 g/mol. The molecule has 27 heavy (non-hydrogen) atoms. The third-order valence-electron chi connectivity index (χ3n) is 4.82. The van der Waals surface area contributed by atoms with E-state index < -0.39 is 0 Å². The molecular weight excluding hydrogens is 378 g/mol. The minimum absolute atomic E-state index is 0.0964. The number of ether oxygens (including phenoxy) is 1. The molecule has 1 amide bonds. The summed E-state index contributed by atoms with van der Waals surface area (Å²) in [5.74, 6) is 0.429. The standard InChI is InChI=1S/C21H21NO3S2/c1-2-25-21(24)13-7-9-14(10-8-13)22-20(23)19-11-18-16(12-26-19)15-5-3-4-6-17(15)27-18/h7-11H,2-6,12H2,1H3,(H,22,23). The quantitative estimate of drug-likeness (QED) is 0.733. The van der Waals surface area contributed by atoms with E-state index in [1.807, 2.05) is 17.4 Å². The highest BCUT2D eigenvalue weighted by atomic mass is 32.2. The molecule has 140 valence electrons. The maximum atomic E-state index is 12.7. The van der Waals surface area contributed by atoms with Crippen LogP contribution in [0.5, 0.6) is 0 Å². The number of rotatable bonds is 4. The number of anilines is 1. The first-order valence-electron chi connectivity index (χ1n) is 9.22. The highest BCUT2D eigenvalue weighted by Gasteiger charge is 2.25. The van der Waals surface area contributed by atoms with Crippen molar-refractivity contribution in [1.29, 1.82) is 0 Å². The van der Waals surface area contributed by atoms with Crippen LogP contribution in [-0.4, -0.2) is 18.5 Å². The lowest BCUT2D eigenvalue weighted by Crippen LogP contribution is -2.14. The first-order chi connectivity index (χ1) is 13.2. The normalized spacial score (nSPS) is 15.4. The van der Waals surface area contributed by atoms with Crippen LogP contribution in [0.2, 0.25) is 0 Å². The lowest BCUT2D eigenvalue weighted by Gasteiger charge is -2.16. The molecule has 0 radical (unpaired) electrons. The van der Waals surface area contributed by atoms with E-state index in [1.54, 1.807) is 48.5 Å². The van der Waals surface area contributed by atoms with Crippen molar-refractivity contribution in [3.05, 3.63) is 55.6 Å². The van der Waals surface area contributed by atoms with Gasteiger partial charge in [0.25, 0.3) is 5.91 Å². The van der Waals surface area contributed by atoms with Gasteiger partial charge in [0.05, 0.1) is 17.1 Å². The first kappa shape index (κ1) is 18.3. The topological polar surface area (TPSA) is 55.4 Å². The van der Waals surface area contributed by atoms with Crippen molar-refractivity contribution in [2.75, 3.05) is 11.9 Å². The second kappa shape index (κ2) is 7.90. The number of hydrogen-bond acceptors (Lipinski definition) is 5. The number of thiophene rings is 1. The van der Waals surface area contributed by atoms with Gasteiger partial charge in [-0.1, -0.05) is 0 Å². The van der Waals surface area contributed by atoms with Gasteiger partial charge in [0.15, 0.2) is 0 Å². The van der Waals surface area contributed by atoms with Gasteiger partial charge in [0.2, 0.25) is 0 Å². The van der Waals surface area contributed by atoms with Gasteiger partial charge in [-0.3, -0.25) is 4.79 Å². The Hall–Kier alpha value is -2.05. The van der Waals surface area contributed by atoms with Crippen molar-refractivity contribution >= 4 is 46.7 Å². The summed E-state index contributed by atoms with van der Waals surface area (Å²) >= 11 is 3.46. The van der Waals surface area contributed by atoms with Crippen LogP contribution in [0.25, 0.3) is 6.08 Å². The monoisotopic (exact) mass is 399 g/mol. The van der Waals surface area contributed by atoms with Crippen molar-refractivity contribution in [2.45, 2.75) is 38.4 Å². The van der Waals surface area contributed by atoms with Gasteiger partial charge in [-0.15, -0.1) is 23.1 Å². The van der Waals surface area contributed by atoms with Gasteiger partial charge in [-0.05, 0) is 74.1 Å². The molecule has 2 aliphatic rings. The third-order valence-corrected chi connectivity index (χ3v) is 7.15. The molecule has 6 heteroatoms. The average Bonchev–Trinajstić information content (AvgIpc) is 3.06. The number of benzene rings is 1. The maximum absolute atomic E-state index is 12.7. The number of aryl methyl sites for hydroxylation is 1. The smallest absolute Gasteiger partial charge is 0.338 e. The van der Waals surface area contributed by atoms with E-state index in [0.29, 0.717) is 17.9 Å². The molecule has 1 N–H and O–H groups in total. The second-order valence-electron chi connectivity index (χ2n) is 6.60. The molecule has 1 aromatic carbocycles. The lowest BCUT2D eigenvalue weighted by molar-refractivity contribution is -0.112. The van der Waals surface area contributed by atoms with Gasteiger partial charge < -0.3 is 10.1 Å². The minimum atomic E-state index is -0.352. The highest BCUT2D eigenvalue weighted by molar-refractivity contribution is 8.03. The molecule has 0 unspecified atom stereocenters. The molecule has 2 aromatic rings. The molecule has 0 saturated heterocycles. The Morgan fingerprint density at radius 3 is 2.67 bits per heavy atom. The number of carbonyl (C=O) groups is 2. The van der Waals surface area contributed by atoms with Crippen LogP contribution in [0.1, 0.15) is 51.0 Å². The van der Waals surface area contributed by atoms with Gasteiger partial charge >= 0.3 is 5.97 Å². The summed E-state index contributed by atoms with van der Waals surface area (Å²) in [6.45, 7) is 2.12. The van der Waals surface area contributed by atoms with Crippen LogP contribution in [0.4, 0.5) is 5.69 Å². The summed E-state index contributed by atoms with van der Waals surface area (Å²) in [6, 6.07) is 6.80. The zero-order valence-electron chi connectivity index (χ0n) is 15.2. The molecule has 1 aromatic heterocycles. The fourth-order valence-corrected chi connectivity index (χ4v) is 6.00. The Labute approximate surface area is 167 Å². The molecule has 2 heterocycles. The number of esters is 1. The minimum Gasteiger partial charge on any atom is -0.462 e. The summed E-state index contributed by atoms with van der Waals surface area (Å²) < 4.78 is 4.97. The molecular formula is C21H21NO3S2. The van der Waals surface area contributed by atoms with Gasteiger partial charge in [0, 0.05) is 21.2 Å². The first-order valence-corrected chi connectivity index (χ1v) is 11.0. The van der Waals surface area contributed by atoms with Crippen LogP contribution in [0.3, 0.4) is 0 Å². The fraction of sp³-hybridized carbons (Fsp3) is 0.333. The summed E-state index contributed by atoms with van der Waals surface area (Å²) in [6.07, 6.45) is 6.96. The van der Waals surface area contributed by atoms with Gasteiger partial charge in [-0.2, -0.15) is 0 Å². The number of amides is 1. The number of hydrogen-bond donors (Lipinski definition) is 1. The lowest BCUT2D eigenvalue weighted by atomic mass is 9.95. The predicted molar refractivity (Wildman–Crippen MR) is 111 cm³/mol. The van der Waals surface area contributed by atoms with Crippen LogP contribution in [0, 0.1) is 0 Å². The number of nitrogens with one attached hydrogen (secondary N) is 1. The van der Waals surface area contributed by atoms with E-state index in [2.05, 4.69) is 5.32 Å². The molecule has 1 aliphatic carbocycles. The van der Waals surface area contributed by atoms with Crippen molar-refractivity contribution in [1.82, 2.24) is 0 Å². The van der Waals surface area contributed by atoms with E-state index in [9.17, 15) is 9.59 Å². The molecule has 0 spiro atoms. The van der Waals surface area contributed by atoms with E-state index >= 15 is 0 Å². The van der Waals surface area contributed by atoms with Crippen molar-refractivity contribution in [3.63, 3.8) is 0 Å². The van der Waals surface area contributed by atoms with Crippen LogP contribution < -0.4 is 5.32 Å². The van der Waals surface area contributed by atoms with E-state index in [-0.39, 0.29) is 11.9 Å². The Morgan fingerprint density at radius 1 is 1.11 bits per heavy atom. The molecule has 0 saturated carbocycles. The van der Waals surface area contributed by atoms with Crippen LogP contribution in [0.15, 0.2) is 29.2 Å². The molecule has 4 rings (SSSR count). The number of carbonyl (C=O) groups excluding carboxylic acids is 2. The Bertz CT molecular complexity index is 912. The zero-order chi connectivity index (χ0) is 18.8. The molecule has 4 nitrogen and oxygen atoms in total. The maximum Gasteiger partial charge on any atom is 0.338 e. The van der Waals surface area contributed by atoms with Crippen LogP contribution in [-0.2, 0) is 28.1 Å². The van der Waals surface area contributed by atoms with E-state index in [4.69, 9.17) is 4.74 Å². The van der Waals surface area contributed by atoms with Crippen molar-refractivity contribution in [2.24, 2.45) is 0 Å². The Kier molecular flexibility index (Phi) is 5.36. The molecule has 0 atom stereocenters. The zero-order valence-corrected chi connectivity index (χ0v) is 16.8. The van der Waals surface area contributed by atoms with E-state index in [0.717, 1.165) is 10.7 Å². The molecule has 0 fully saturated rings. The highest BCUT2D eigenvalue weighted by Crippen LogP contribution is 2.42. The second-order valence-corrected chi connectivity index (χ2v) is 8.76.